The molecule has 1 atom stereocenters. The first-order valence-electron chi connectivity index (χ1n) is 6.58. The van der Waals surface area contributed by atoms with E-state index in [0.717, 1.165) is 41.7 Å². The van der Waals surface area contributed by atoms with Gasteiger partial charge in [-0.2, -0.15) is 0 Å². The summed E-state index contributed by atoms with van der Waals surface area (Å²) in [6.07, 6.45) is 2.20. The van der Waals surface area contributed by atoms with Gasteiger partial charge in [0.25, 0.3) is 0 Å². The summed E-state index contributed by atoms with van der Waals surface area (Å²) in [6, 6.07) is 6.45. The third-order valence-electron chi connectivity index (χ3n) is 3.11. The molecule has 0 fully saturated rings. The van der Waals surface area contributed by atoms with Gasteiger partial charge in [-0.05, 0) is 43.7 Å². The Hall–Kier alpha value is -0.990. The van der Waals surface area contributed by atoms with Crippen molar-refractivity contribution < 1.29 is 4.42 Å². The van der Waals surface area contributed by atoms with Crippen LogP contribution in [0.1, 0.15) is 44.1 Å². The highest BCUT2D eigenvalue weighted by atomic mass is 35.5. The highest BCUT2D eigenvalue weighted by molar-refractivity contribution is 6.34. The zero-order valence-electron chi connectivity index (χ0n) is 11.2. The van der Waals surface area contributed by atoms with Crippen LogP contribution in [0.15, 0.2) is 22.6 Å². The van der Waals surface area contributed by atoms with Crippen LogP contribution in [0.5, 0.6) is 0 Å². The van der Waals surface area contributed by atoms with Gasteiger partial charge in [-0.1, -0.05) is 31.9 Å². The van der Waals surface area contributed by atoms with Gasteiger partial charge in [-0.25, -0.2) is 0 Å². The molecule has 0 saturated heterocycles. The Morgan fingerprint density at radius 2 is 2.06 bits per heavy atom. The smallest absolute Gasteiger partial charge is 0.152 e. The fourth-order valence-electron chi connectivity index (χ4n) is 2.32. The zero-order valence-corrected chi connectivity index (χ0v) is 12.0. The number of halogens is 1. The van der Waals surface area contributed by atoms with Gasteiger partial charge in [0.1, 0.15) is 5.76 Å². The largest absolute Gasteiger partial charge is 0.458 e. The van der Waals surface area contributed by atoms with Gasteiger partial charge in [-0.15, -0.1) is 0 Å². The summed E-state index contributed by atoms with van der Waals surface area (Å²) in [5, 5.41) is 5.25. The van der Waals surface area contributed by atoms with E-state index in [2.05, 4.69) is 31.3 Å². The lowest BCUT2D eigenvalue weighted by molar-refractivity contribution is 0.414. The van der Waals surface area contributed by atoms with Gasteiger partial charge in [0.2, 0.25) is 0 Å². The second kappa shape index (κ2) is 5.77. The predicted molar refractivity (Wildman–Crippen MR) is 77.3 cm³/mol. The molecule has 2 nitrogen and oxygen atoms in total. The third kappa shape index (κ3) is 2.70. The van der Waals surface area contributed by atoms with E-state index in [1.54, 1.807) is 0 Å². The normalized spacial score (nSPS) is 13.1. The molecule has 1 aromatic carbocycles. The monoisotopic (exact) mass is 265 g/mol. The van der Waals surface area contributed by atoms with Gasteiger partial charge in [0.05, 0.1) is 11.1 Å². The maximum Gasteiger partial charge on any atom is 0.152 e. The molecule has 2 rings (SSSR count). The lowest BCUT2D eigenvalue weighted by Crippen LogP contribution is -2.20. The standard InChI is InChI=1S/C15H20ClNO/c1-4-6-13(17-5-2)14-9-11-7-10(3)8-12(16)15(11)18-14/h7-9,13,17H,4-6H2,1-3H3. The average Bonchev–Trinajstić information content (AvgIpc) is 2.72. The molecule has 98 valence electrons. The fraction of sp³-hybridized carbons (Fsp3) is 0.467. The highest BCUT2D eigenvalue weighted by Crippen LogP contribution is 2.32. The Morgan fingerprint density at radius 3 is 2.72 bits per heavy atom. The Bertz CT molecular complexity index is 527. The first kappa shape index (κ1) is 13.4. The van der Waals surface area contributed by atoms with Crippen LogP contribution in [0.25, 0.3) is 11.0 Å². The molecule has 0 aliphatic rings. The molecule has 0 spiro atoms. The molecule has 0 saturated carbocycles. The molecule has 0 amide bonds. The van der Waals surface area contributed by atoms with Crippen LogP contribution in [0.3, 0.4) is 0 Å². The van der Waals surface area contributed by atoms with Crippen LogP contribution < -0.4 is 5.32 Å². The van der Waals surface area contributed by atoms with Crippen LogP contribution in [0.4, 0.5) is 0 Å². The summed E-state index contributed by atoms with van der Waals surface area (Å²) in [5.74, 6) is 0.987. The van der Waals surface area contributed by atoms with Gasteiger partial charge in [0.15, 0.2) is 5.58 Å². The van der Waals surface area contributed by atoms with Crippen LogP contribution in [0.2, 0.25) is 5.02 Å². The lowest BCUT2D eigenvalue weighted by Gasteiger charge is -2.13. The minimum absolute atomic E-state index is 0.281. The Kier molecular flexibility index (Phi) is 4.31. The molecule has 0 radical (unpaired) electrons. The number of nitrogens with one attached hydrogen (secondary N) is 1. The van der Waals surface area contributed by atoms with E-state index >= 15 is 0 Å². The fourth-order valence-corrected chi connectivity index (χ4v) is 2.64. The average molecular weight is 266 g/mol. The van der Waals surface area contributed by atoms with Gasteiger partial charge in [-0.3, -0.25) is 0 Å². The van der Waals surface area contributed by atoms with E-state index in [4.69, 9.17) is 16.0 Å². The maximum absolute atomic E-state index is 6.22. The van der Waals surface area contributed by atoms with Gasteiger partial charge < -0.3 is 9.73 Å². The van der Waals surface area contributed by atoms with Crippen molar-refractivity contribution in [2.24, 2.45) is 0 Å². The van der Waals surface area contributed by atoms with Gasteiger partial charge in [0, 0.05) is 5.39 Å². The van der Waals surface area contributed by atoms with Crippen molar-refractivity contribution in [2.75, 3.05) is 6.54 Å². The van der Waals surface area contributed by atoms with E-state index in [1.807, 2.05) is 13.0 Å². The summed E-state index contributed by atoms with van der Waals surface area (Å²) < 4.78 is 5.93. The summed E-state index contributed by atoms with van der Waals surface area (Å²) in [7, 11) is 0. The molecule has 18 heavy (non-hydrogen) atoms. The molecule has 1 heterocycles. The molecule has 1 unspecified atom stereocenters. The number of fused-ring (bicyclic) bond motifs is 1. The van der Waals surface area contributed by atoms with Crippen LogP contribution in [-0.2, 0) is 0 Å². The SMILES string of the molecule is CCCC(NCC)c1cc2cc(C)cc(Cl)c2o1. The van der Waals surface area contributed by atoms with E-state index in [9.17, 15) is 0 Å². The van der Waals surface area contributed by atoms with Crippen molar-refractivity contribution in [1.82, 2.24) is 5.32 Å². The Balaban J connectivity index is 2.41. The Labute approximate surface area is 113 Å². The van der Waals surface area contributed by atoms with E-state index in [0.29, 0.717) is 5.02 Å². The van der Waals surface area contributed by atoms with Gasteiger partial charge >= 0.3 is 0 Å². The minimum atomic E-state index is 0.281. The van der Waals surface area contributed by atoms with E-state index < -0.39 is 0 Å². The lowest BCUT2D eigenvalue weighted by atomic mass is 10.1. The molecule has 3 heteroatoms. The summed E-state index contributed by atoms with van der Waals surface area (Å²) in [5.41, 5.74) is 1.96. The van der Waals surface area contributed by atoms with E-state index in [1.165, 1.54) is 0 Å². The molecule has 1 N–H and O–H groups in total. The predicted octanol–water partition coefficient (Wildman–Crippen LogP) is 4.85. The molecular weight excluding hydrogens is 246 g/mol. The van der Waals surface area contributed by atoms with Crippen molar-refractivity contribution in [3.63, 3.8) is 0 Å². The van der Waals surface area contributed by atoms with Crippen LogP contribution >= 0.6 is 11.6 Å². The first-order valence-corrected chi connectivity index (χ1v) is 6.96. The summed E-state index contributed by atoms with van der Waals surface area (Å²) in [6.45, 7) is 7.28. The number of furan rings is 1. The van der Waals surface area contributed by atoms with Crippen LogP contribution in [-0.4, -0.2) is 6.54 Å². The molecule has 0 aliphatic carbocycles. The zero-order chi connectivity index (χ0) is 13.1. The summed E-state index contributed by atoms with van der Waals surface area (Å²) in [4.78, 5) is 0. The minimum Gasteiger partial charge on any atom is -0.458 e. The highest BCUT2D eigenvalue weighted by Gasteiger charge is 2.16. The number of hydrogen-bond donors (Lipinski definition) is 1. The van der Waals surface area contributed by atoms with E-state index in [-0.39, 0.29) is 6.04 Å². The second-order valence-corrected chi connectivity index (χ2v) is 5.12. The molecule has 0 aliphatic heterocycles. The number of hydrogen-bond acceptors (Lipinski definition) is 2. The first-order chi connectivity index (χ1) is 8.65. The second-order valence-electron chi connectivity index (χ2n) is 4.71. The Morgan fingerprint density at radius 1 is 1.28 bits per heavy atom. The van der Waals surface area contributed by atoms with Crippen molar-refractivity contribution in [3.8, 4) is 0 Å². The summed E-state index contributed by atoms with van der Waals surface area (Å²) >= 11 is 6.22. The molecule has 0 bridgehead atoms. The third-order valence-corrected chi connectivity index (χ3v) is 3.39. The maximum atomic E-state index is 6.22. The van der Waals surface area contributed by atoms with Crippen LogP contribution in [0, 0.1) is 6.92 Å². The van der Waals surface area contributed by atoms with Crippen molar-refractivity contribution in [3.05, 3.63) is 34.5 Å². The van der Waals surface area contributed by atoms with Crippen molar-refractivity contribution in [1.29, 1.82) is 0 Å². The van der Waals surface area contributed by atoms with Crippen molar-refractivity contribution >= 4 is 22.6 Å². The molecule has 2 aromatic rings. The molecular formula is C15H20ClNO. The molecule has 1 aromatic heterocycles. The topological polar surface area (TPSA) is 25.2 Å². The number of rotatable bonds is 5. The quantitative estimate of drug-likeness (QED) is 0.836. The van der Waals surface area contributed by atoms with Crippen molar-refractivity contribution in [2.45, 2.75) is 39.7 Å². The number of aryl methyl sites for hydroxylation is 1. The number of benzene rings is 1.